The van der Waals surface area contributed by atoms with E-state index in [-0.39, 0.29) is 17.1 Å². The van der Waals surface area contributed by atoms with E-state index >= 15 is 0 Å². The lowest BCUT2D eigenvalue weighted by atomic mass is 9.47. The number of carbonyl (C=O) groups excluding carboxylic acids is 1. The van der Waals surface area contributed by atoms with Crippen molar-refractivity contribution in [3.8, 4) is 17.0 Å². The number of ether oxygens (including phenoxy) is 1. The molecule has 2 aliphatic carbocycles. The van der Waals surface area contributed by atoms with Crippen molar-refractivity contribution in [1.29, 1.82) is 0 Å². The van der Waals surface area contributed by atoms with E-state index in [1.807, 2.05) is 29.8 Å². The predicted molar refractivity (Wildman–Crippen MR) is 149 cm³/mol. The molecule has 2 fully saturated rings. The summed E-state index contributed by atoms with van der Waals surface area (Å²) in [5.41, 5.74) is 4.71. The van der Waals surface area contributed by atoms with Gasteiger partial charge in [-0.05, 0) is 78.8 Å². The van der Waals surface area contributed by atoms with Gasteiger partial charge in [0.25, 0.3) is 0 Å². The zero-order valence-electron chi connectivity index (χ0n) is 21.8. The quantitative estimate of drug-likeness (QED) is 0.237. The van der Waals surface area contributed by atoms with Gasteiger partial charge >= 0.3 is 5.97 Å². The highest BCUT2D eigenvalue weighted by Gasteiger charge is 2.54. The molecule has 7 nitrogen and oxygen atoms in total. The van der Waals surface area contributed by atoms with Gasteiger partial charge in [0.15, 0.2) is 5.78 Å². The van der Waals surface area contributed by atoms with Crippen LogP contribution >= 0.6 is 11.6 Å². The molecule has 4 aromatic rings. The maximum absolute atomic E-state index is 13.5. The van der Waals surface area contributed by atoms with Gasteiger partial charge in [-0.2, -0.15) is 5.10 Å². The Morgan fingerprint density at radius 3 is 2.56 bits per heavy atom. The van der Waals surface area contributed by atoms with Crippen LogP contribution in [0.4, 0.5) is 0 Å². The number of aromatic nitrogens is 3. The number of carboxylic acids is 1. The van der Waals surface area contributed by atoms with Crippen LogP contribution in [-0.2, 0) is 11.3 Å². The van der Waals surface area contributed by atoms with Crippen molar-refractivity contribution >= 4 is 34.3 Å². The number of Topliss-reactive ketones (excluding diaryl/α,β-unsaturated/α-hetero) is 1. The van der Waals surface area contributed by atoms with E-state index in [1.54, 1.807) is 18.5 Å². The molecule has 2 saturated carbocycles. The first-order chi connectivity index (χ1) is 18.8. The molecule has 6 rings (SSSR count). The molecular weight excluding hydrogens is 514 g/mol. The molecule has 0 aliphatic heterocycles. The Bertz CT molecular complexity index is 1550. The van der Waals surface area contributed by atoms with Crippen LogP contribution in [0, 0.1) is 17.3 Å². The maximum atomic E-state index is 13.5. The van der Waals surface area contributed by atoms with Crippen molar-refractivity contribution in [2.45, 2.75) is 45.6 Å². The fraction of sp³-hybridized carbons (Fsp3) is 0.355. The summed E-state index contributed by atoms with van der Waals surface area (Å²) in [6.07, 6.45) is 7.31. The van der Waals surface area contributed by atoms with Crippen molar-refractivity contribution in [2.75, 3.05) is 6.61 Å². The Balaban J connectivity index is 1.18. The Morgan fingerprint density at radius 2 is 1.85 bits per heavy atom. The average molecular weight is 544 g/mol. The van der Waals surface area contributed by atoms with Crippen LogP contribution in [0.1, 0.15) is 54.9 Å². The molecule has 1 N–H and O–H groups in total. The molecule has 2 heterocycles. The molecule has 0 saturated heterocycles. The molecule has 0 atom stereocenters. The molecule has 2 aromatic carbocycles. The number of fused-ring (bicyclic) bond motifs is 1. The number of carbonyl (C=O) groups is 2. The lowest BCUT2D eigenvalue weighted by Gasteiger charge is -2.56. The number of pyridine rings is 1. The van der Waals surface area contributed by atoms with Crippen LogP contribution < -0.4 is 4.74 Å². The van der Waals surface area contributed by atoms with Crippen LogP contribution in [0.3, 0.4) is 0 Å². The van der Waals surface area contributed by atoms with Crippen LogP contribution in [0.5, 0.6) is 5.88 Å². The molecule has 2 aromatic heterocycles. The normalized spacial score (nSPS) is 21.9. The third kappa shape index (κ3) is 5.03. The monoisotopic (exact) mass is 543 g/mol. The van der Waals surface area contributed by atoms with Crippen LogP contribution in [-0.4, -0.2) is 38.2 Å². The summed E-state index contributed by atoms with van der Waals surface area (Å²) in [6, 6.07) is 15.8. The smallest absolute Gasteiger partial charge is 0.306 e. The zero-order chi connectivity index (χ0) is 27.1. The van der Waals surface area contributed by atoms with Crippen LogP contribution in [0.2, 0.25) is 5.02 Å². The topological polar surface area (TPSA) is 94.3 Å². The molecular formula is C31H30ClN3O4. The number of rotatable bonds is 9. The summed E-state index contributed by atoms with van der Waals surface area (Å²) in [6.45, 7) is 3.03. The Labute approximate surface area is 231 Å². The van der Waals surface area contributed by atoms with E-state index in [0.29, 0.717) is 42.0 Å². The van der Waals surface area contributed by atoms with Crippen molar-refractivity contribution in [3.63, 3.8) is 0 Å². The second-order valence-electron chi connectivity index (χ2n) is 11.1. The Kier molecular flexibility index (Phi) is 6.63. The van der Waals surface area contributed by atoms with Crippen LogP contribution in [0.25, 0.3) is 22.0 Å². The maximum Gasteiger partial charge on any atom is 0.306 e. The number of carboxylic acid groups (broad SMARTS) is 1. The predicted octanol–water partition coefficient (Wildman–Crippen LogP) is 6.66. The van der Waals surface area contributed by atoms with Gasteiger partial charge in [0.05, 0.1) is 30.8 Å². The number of aliphatic carboxylic acids is 1. The highest BCUT2D eigenvalue weighted by atomic mass is 35.5. The minimum Gasteiger partial charge on any atom is -0.481 e. The number of halogens is 1. The molecule has 39 heavy (non-hydrogen) atoms. The molecule has 1 spiro atoms. The zero-order valence-corrected chi connectivity index (χ0v) is 22.5. The first kappa shape index (κ1) is 25.6. The molecule has 200 valence electrons. The van der Waals surface area contributed by atoms with E-state index in [9.17, 15) is 14.7 Å². The molecule has 0 amide bonds. The van der Waals surface area contributed by atoms with Crippen molar-refractivity contribution in [1.82, 2.24) is 14.8 Å². The number of hydrogen-bond donors (Lipinski definition) is 1. The highest BCUT2D eigenvalue weighted by molar-refractivity contribution is 6.32. The van der Waals surface area contributed by atoms with E-state index in [4.69, 9.17) is 16.3 Å². The molecule has 2 aliphatic rings. The van der Waals surface area contributed by atoms with E-state index in [0.717, 1.165) is 53.3 Å². The summed E-state index contributed by atoms with van der Waals surface area (Å²) in [5, 5.41) is 15.2. The molecule has 8 heteroatoms. The second kappa shape index (κ2) is 10.1. The summed E-state index contributed by atoms with van der Waals surface area (Å²) >= 11 is 6.39. The third-order valence-corrected chi connectivity index (χ3v) is 8.49. The summed E-state index contributed by atoms with van der Waals surface area (Å²) in [5.74, 6) is 0.0532. The van der Waals surface area contributed by atoms with Crippen molar-refractivity contribution < 1.29 is 19.4 Å². The first-order valence-electron chi connectivity index (χ1n) is 13.4. The number of hydrogen-bond acceptors (Lipinski definition) is 5. The highest BCUT2D eigenvalue weighted by Crippen LogP contribution is 2.62. The fourth-order valence-electron chi connectivity index (χ4n) is 6.50. The van der Waals surface area contributed by atoms with E-state index < -0.39 is 5.97 Å². The SMILES string of the molecule is CCOc1cc(-c2ccc(Cn3ncc4cc(Cl)cc(C(=O)CC5CC6(C5)CC(C(=O)O)C6)c43)cc2)ccn1. The van der Waals surface area contributed by atoms with Gasteiger partial charge in [-0.25, -0.2) is 4.98 Å². The summed E-state index contributed by atoms with van der Waals surface area (Å²) < 4.78 is 7.40. The lowest BCUT2D eigenvalue weighted by Crippen LogP contribution is -2.50. The minimum atomic E-state index is -0.697. The van der Waals surface area contributed by atoms with Gasteiger partial charge in [-0.3, -0.25) is 14.3 Å². The largest absolute Gasteiger partial charge is 0.481 e. The van der Waals surface area contributed by atoms with E-state index in [2.05, 4.69) is 34.3 Å². The second-order valence-corrected chi connectivity index (χ2v) is 11.5. The summed E-state index contributed by atoms with van der Waals surface area (Å²) in [7, 11) is 0. The lowest BCUT2D eigenvalue weighted by molar-refractivity contribution is -0.157. The molecule has 0 radical (unpaired) electrons. The van der Waals surface area contributed by atoms with Crippen molar-refractivity contribution in [3.05, 3.63) is 77.1 Å². The Hall–Kier alpha value is -3.71. The summed E-state index contributed by atoms with van der Waals surface area (Å²) in [4.78, 5) is 28.9. The van der Waals surface area contributed by atoms with Crippen LogP contribution in [0.15, 0.2) is 60.9 Å². The van der Waals surface area contributed by atoms with Gasteiger partial charge < -0.3 is 9.84 Å². The van der Waals surface area contributed by atoms with Gasteiger partial charge in [0, 0.05) is 34.7 Å². The van der Waals surface area contributed by atoms with Gasteiger partial charge in [-0.1, -0.05) is 35.9 Å². The molecule has 0 bridgehead atoms. The Morgan fingerprint density at radius 1 is 1.08 bits per heavy atom. The molecule has 0 unspecified atom stereocenters. The van der Waals surface area contributed by atoms with Gasteiger partial charge in [0.1, 0.15) is 0 Å². The third-order valence-electron chi connectivity index (χ3n) is 8.27. The average Bonchev–Trinajstić information content (AvgIpc) is 3.26. The number of nitrogens with zero attached hydrogens (tertiary/aromatic N) is 3. The van der Waals surface area contributed by atoms with Crippen molar-refractivity contribution in [2.24, 2.45) is 17.3 Å². The minimum absolute atomic E-state index is 0.0661. The standard InChI is InChI=1S/C31H30ClN3O4/c1-2-39-28-11-22(7-8-33-28)21-5-3-19(4-6-21)18-35-29-23(17-34-35)10-25(32)12-26(29)27(36)9-20-13-31(14-20)15-24(16-31)30(37)38/h3-8,10-12,17,20,24H,2,9,13-16,18H2,1H3,(H,37,38). The number of benzene rings is 2. The van der Waals surface area contributed by atoms with Gasteiger partial charge in [-0.15, -0.1) is 0 Å². The van der Waals surface area contributed by atoms with Gasteiger partial charge in [0.2, 0.25) is 5.88 Å². The first-order valence-corrected chi connectivity index (χ1v) is 13.8. The fourth-order valence-corrected chi connectivity index (χ4v) is 6.72. The van der Waals surface area contributed by atoms with E-state index in [1.165, 1.54) is 0 Å². The number of ketones is 1.